The SMILES string of the molecule is COc1ccc(F)cc1[C@H](Cn1c(=O)n([C@H](C)C(=O)N2CCCC2)c(=O)c2c(C)c(-n3nccn3)sc21)OCC(C)(C)O. The van der Waals surface area contributed by atoms with Crippen molar-refractivity contribution in [2.24, 2.45) is 0 Å². The molecule has 0 radical (unpaired) electrons. The first-order chi connectivity index (χ1) is 20.4. The fraction of sp³-hybridized carbons (Fsp3) is 0.483. The topological polar surface area (TPSA) is 134 Å². The molecule has 3 aromatic heterocycles. The van der Waals surface area contributed by atoms with Crippen molar-refractivity contribution in [2.45, 2.75) is 64.8 Å². The molecule has 0 unspecified atom stereocenters. The fourth-order valence-corrected chi connectivity index (χ4v) is 6.57. The highest BCUT2D eigenvalue weighted by molar-refractivity contribution is 7.21. The van der Waals surface area contributed by atoms with Crippen LogP contribution in [0, 0.1) is 12.7 Å². The van der Waals surface area contributed by atoms with Gasteiger partial charge in [0.2, 0.25) is 5.91 Å². The van der Waals surface area contributed by atoms with E-state index >= 15 is 0 Å². The Hall–Kier alpha value is -3.88. The van der Waals surface area contributed by atoms with Crippen LogP contribution in [0.2, 0.25) is 0 Å². The van der Waals surface area contributed by atoms with Crippen molar-refractivity contribution in [3.63, 3.8) is 0 Å². The quantitative estimate of drug-likeness (QED) is 0.288. The lowest BCUT2D eigenvalue weighted by atomic mass is 10.1. The first kappa shape index (κ1) is 30.6. The maximum absolute atomic E-state index is 14.5. The molecule has 4 aromatic rings. The number of aromatic nitrogens is 5. The molecule has 0 spiro atoms. The van der Waals surface area contributed by atoms with E-state index in [1.54, 1.807) is 32.6 Å². The molecule has 0 bridgehead atoms. The Morgan fingerprint density at radius 2 is 1.86 bits per heavy atom. The van der Waals surface area contributed by atoms with Gasteiger partial charge in [-0.3, -0.25) is 14.2 Å². The van der Waals surface area contributed by atoms with Crippen molar-refractivity contribution in [3.05, 3.63) is 68.4 Å². The van der Waals surface area contributed by atoms with Gasteiger partial charge in [-0.2, -0.15) is 10.2 Å². The molecule has 1 saturated heterocycles. The number of thiophene rings is 1. The van der Waals surface area contributed by atoms with Crippen LogP contribution >= 0.6 is 11.3 Å². The minimum Gasteiger partial charge on any atom is -0.496 e. The molecule has 12 nitrogen and oxygen atoms in total. The predicted octanol–water partition coefficient (Wildman–Crippen LogP) is 2.97. The van der Waals surface area contributed by atoms with E-state index in [4.69, 9.17) is 9.47 Å². The fourth-order valence-electron chi connectivity index (χ4n) is 5.35. The lowest BCUT2D eigenvalue weighted by Gasteiger charge is -2.27. The molecule has 14 heteroatoms. The van der Waals surface area contributed by atoms with Crippen molar-refractivity contribution in [3.8, 4) is 10.8 Å². The number of halogens is 1. The Kier molecular flexibility index (Phi) is 8.54. The molecular weight excluding hydrogens is 579 g/mol. The number of likely N-dealkylation sites (tertiary alicyclic amines) is 1. The highest BCUT2D eigenvalue weighted by Gasteiger charge is 2.31. The van der Waals surface area contributed by atoms with E-state index in [9.17, 15) is 23.9 Å². The first-order valence-electron chi connectivity index (χ1n) is 14.0. The molecule has 0 saturated carbocycles. The number of amides is 1. The third-order valence-corrected chi connectivity index (χ3v) is 8.79. The van der Waals surface area contributed by atoms with E-state index in [-0.39, 0.29) is 24.4 Å². The van der Waals surface area contributed by atoms with Crippen molar-refractivity contribution in [1.82, 2.24) is 29.0 Å². The number of ether oxygens (including phenoxy) is 2. The second kappa shape index (κ2) is 12.0. The Morgan fingerprint density at radius 3 is 2.49 bits per heavy atom. The number of aliphatic hydroxyl groups is 1. The molecule has 0 aliphatic carbocycles. The Morgan fingerprint density at radius 1 is 1.19 bits per heavy atom. The van der Waals surface area contributed by atoms with Gasteiger partial charge in [-0.1, -0.05) is 11.3 Å². The van der Waals surface area contributed by atoms with Crippen molar-refractivity contribution < 1.29 is 23.8 Å². The Balaban J connectivity index is 1.74. The van der Waals surface area contributed by atoms with Crippen LogP contribution in [0.1, 0.15) is 56.9 Å². The van der Waals surface area contributed by atoms with Gasteiger partial charge in [0.25, 0.3) is 5.56 Å². The van der Waals surface area contributed by atoms with E-state index in [2.05, 4.69) is 10.2 Å². The maximum Gasteiger partial charge on any atom is 0.332 e. The molecule has 230 valence electrons. The maximum atomic E-state index is 14.5. The van der Waals surface area contributed by atoms with Crippen LogP contribution in [0.5, 0.6) is 5.75 Å². The van der Waals surface area contributed by atoms with E-state index in [1.165, 1.54) is 47.1 Å². The minimum atomic E-state index is -1.24. The van der Waals surface area contributed by atoms with Crippen LogP contribution in [0.25, 0.3) is 15.2 Å². The number of benzene rings is 1. The van der Waals surface area contributed by atoms with Gasteiger partial charge < -0.3 is 19.5 Å². The summed E-state index contributed by atoms with van der Waals surface area (Å²) in [4.78, 5) is 45.1. The second-order valence-corrected chi connectivity index (χ2v) is 12.3. The van der Waals surface area contributed by atoms with E-state index < -0.39 is 34.8 Å². The minimum absolute atomic E-state index is 0.148. The van der Waals surface area contributed by atoms with Crippen LogP contribution < -0.4 is 16.0 Å². The second-order valence-electron chi connectivity index (χ2n) is 11.3. The Labute approximate surface area is 250 Å². The zero-order valence-electron chi connectivity index (χ0n) is 24.7. The molecule has 2 atom stereocenters. The summed E-state index contributed by atoms with van der Waals surface area (Å²) in [6.07, 6.45) is 3.74. The van der Waals surface area contributed by atoms with Crippen LogP contribution in [0.15, 0.2) is 40.2 Å². The largest absolute Gasteiger partial charge is 0.496 e. The highest BCUT2D eigenvalue weighted by Crippen LogP contribution is 2.34. The van der Waals surface area contributed by atoms with E-state index in [0.29, 0.717) is 39.8 Å². The van der Waals surface area contributed by atoms with Crippen molar-refractivity contribution >= 4 is 27.5 Å². The molecule has 1 aliphatic rings. The summed E-state index contributed by atoms with van der Waals surface area (Å²) < 4.78 is 28.5. The van der Waals surface area contributed by atoms with Gasteiger partial charge in [0.05, 0.1) is 43.6 Å². The predicted molar refractivity (Wildman–Crippen MR) is 158 cm³/mol. The lowest BCUT2D eigenvalue weighted by molar-refractivity contribution is -0.133. The number of carbonyl (C=O) groups is 1. The lowest BCUT2D eigenvalue weighted by Crippen LogP contribution is -2.47. The standard InChI is InChI=1S/C29H35FN6O6S/c1-17-23-25(38)35(18(2)24(37)33-12-6-7-13-33)28(39)34(27(23)43-26(17)36-31-10-11-32-36)15-22(42-16-29(3,4)40)20-14-19(30)8-9-21(20)41-5/h8-11,14,18,22,40H,6-7,12-13,15-16H2,1-5H3/t18-,22+/m1/s1. The van der Waals surface area contributed by atoms with Gasteiger partial charge in [-0.05, 0) is 58.7 Å². The van der Waals surface area contributed by atoms with Crippen LogP contribution in [-0.2, 0) is 16.1 Å². The number of aryl methyl sites for hydroxylation is 1. The molecule has 43 heavy (non-hydrogen) atoms. The molecule has 4 heterocycles. The molecule has 5 rings (SSSR count). The van der Waals surface area contributed by atoms with Crippen LogP contribution in [0.4, 0.5) is 4.39 Å². The average molecular weight is 615 g/mol. The summed E-state index contributed by atoms with van der Waals surface area (Å²) in [5.41, 5.74) is -1.70. The summed E-state index contributed by atoms with van der Waals surface area (Å²) in [6, 6.07) is 2.89. The zero-order chi connectivity index (χ0) is 31.1. The Bertz CT molecular complexity index is 1750. The van der Waals surface area contributed by atoms with Crippen LogP contribution in [-0.4, -0.2) is 72.4 Å². The summed E-state index contributed by atoms with van der Waals surface area (Å²) in [7, 11) is 1.44. The van der Waals surface area contributed by atoms with Crippen molar-refractivity contribution in [1.29, 1.82) is 0 Å². The van der Waals surface area contributed by atoms with Gasteiger partial charge in [0.15, 0.2) is 0 Å². The van der Waals surface area contributed by atoms with E-state index in [0.717, 1.165) is 28.7 Å². The number of rotatable bonds is 10. The van der Waals surface area contributed by atoms with Crippen molar-refractivity contribution in [2.75, 3.05) is 26.8 Å². The van der Waals surface area contributed by atoms with E-state index in [1.807, 2.05) is 0 Å². The normalized spacial score (nSPS) is 15.3. The highest BCUT2D eigenvalue weighted by atomic mass is 32.1. The number of carbonyl (C=O) groups excluding carboxylic acids is 1. The molecular formula is C29H35FN6O6S. The third kappa shape index (κ3) is 5.99. The molecule has 1 fully saturated rings. The first-order valence-corrected chi connectivity index (χ1v) is 14.8. The summed E-state index contributed by atoms with van der Waals surface area (Å²) in [5, 5.41) is 19.6. The number of methoxy groups -OCH3 is 1. The number of hydrogen-bond donors (Lipinski definition) is 1. The van der Waals surface area contributed by atoms with Gasteiger partial charge in [0.1, 0.15) is 33.5 Å². The van der Waals surface area contributed by atoms with Gasteiger partial charge in [-0.15, -0.1) is 4.80 Å². The molecule has 1 amide bonds. The monoisotopic (exact) mass is 614 g/mol. The van der Waals surface area contributed by atoms with Gasteiger partial charge in [0, 0.05) is 24.2 Å². The molecule has 1 N–H and O–H groups in total. The molecule has 1 aliphatic heterocycles. The number of nitrogens with zero attached hydrogens (tertiary/aromatic N) is 6. The smallest absolute Gasteiger partial charge is 0.332 e. The average Bonchev–Trinajstić information content (AvgIpc) is 3.74. The summed E-state index contributed by atoms with van der Waals surface area (Å²) in [6.45, 7) is 7.22. The number of hydrogen-bond acceptors (Lipinski definition) is 9. The third-order valence-electron chi connectivity index (χ3n) is 7.51. The van der Waals surface area contributed by atoms with Crippen LogP contribution in [0.3, 0.4) is 0 Å². The summed E-state index contributed by atoms with van der Waals surface area (Å²) in [5.74, 6) is -0.536. The number of fused-ring (bicyclic) bond motifs is 1. The summed E-state index contributed by atoms with van der Waals surface area (Å²) >= 11 is 1.15. The zero-order valence-corrected chi connectivity index (χ0v) is 25.6. The van der Waals surface area contributed by atoms with Gasteiger partial charge >= 0.3 is 5.69 Å². The van der Waals surface area contributed by atoms with Gasteiger partial charge in [-0.25, -0.2) is 13.8 Å². The molecule has 1 aromatic carbocycles.